The van der Waals surface area contributed by atoms with Crippen LogP contribution in [0.15, 0.2) is 67.0 Å². The van der Waals surface area contributed by atoms with Crippen molar-refractivity contribution in [1.82, 2.24) is 9.97 Å². The van der Waals surface area contributed by atoms with E-state index in [-0.39, 0.29) is 24.7 Å². The summed E-state index contributed by atoms with van der Waals surface area (Å²) in [5.41, 5.74) is 2.69. The van der Waals surface area contributed by atoms with E-state index in [2.05, 4.69) is 15.3 Å². The van der Waals surface area contributed by atoms with E-state index in [1.807, 2.05) is 60.4 Å². The monoisotopic (exact) mass is 539 g/mol. The van der Waals surface area contributed by atoms with Gasteiger partial charge in [-0.05, 0) is 42.8 Å². The molecule has 0 atom stereocenters. The number of benzene rings is 2. The predicted octanol–water partition coefficient (Wildman–Crippen LogP) is 4.80. The Kier molecular flexibility index (Phi) is 7.59. The molecule has 0 unspecified atom stereocenters. The van der Waals surface area contributed by atoms with Crippen LogP contribution in [0.3, 0.4) is 0 Å². The molecule has 0 saturated heterocycles. The number of carboxylic acids is 1. The summed E-state index contributed by atoms with van der Waals surface area (Å²) in [5, 5.41) is 13.2. The van der Waals surface area contributed by atoms with E-state index in [0.29, 0.717) is 48.2 Å². The maximum absolute atomic E-state index is 13.4. The number of aromatic nitrogens is 2. The van der Waals surface area contributed by atoms with Gasteiger partial charge < -0.3 is 25.0 Å². The molecule has 0 fully saturated rings. The third-order valence-electron chi connectivity index (χ3n) is 6.78. The third kappa shape index (κ3) is 5.28. The van der Waals surface area contributed by atoms with Crippen molar-refractivity contribution >= 4 is 51.6 Å². The second-order valence-electron chi connectivity index (χ2n) is 9.37. The quantitative estimate of drug-likeness (QED) is 0.311. The Bertz CT molecular complexity index is 1600. The number of hydrogen-bond acceptors (Lipinski definition) is 7. The molecule has 2 amide bonds. The van der Waals surface area contributed by atoms with E-state index in [9.17, 15) is 14.4 Å². The fourth-order valence-corrected chi connectivity index (χ4v) is 4.79. The standard InChI is InChI=1S/C30H29N5O5/c1-3-35-28-22(30(39)34(2)24-10-6-15-31-29(24)35)17-19(18-32-28)14-16-40-25-11-5-7-20-21(25)8-4-9-23(20)33-26(36)12-13-27(37)38/h4-11,15,17-18H,3,12-14,16H2,1-2H3,(H,33,36)(H,37,38). The van der Waals surface area contributed by atoms with Gasteiger partial charge in [0, 0.05) is 55.3 Å². The smallest absolute Gasteiger partial charge is 0.303 e. The molecule has 40 heavy (non-hydrogen) atoms. The maximum Gasteiger partial charge on any atom is 0.303 e. The van der Waals surface area contributed by atoms with Gasteiger partial charge in [-0.3, -0.25) is 14.4 Å². The number of aliphatic carboxylic acids is 1. The van der Waals surface area contributed by atoms with Crippen molar-refractivity contribution in [2.45, 2.75) is 26.2 Å². The summed E-state index contributed by atoms with van der Waals surface area (Å²) in [4.78, 5) is 49.1. The van der Waals surface area contributed by atoms with Crippen LogP contribution >= 0.6 is 0 Å². The number of fused-ring (bicyclic) bond motifs is 3. The van der Waals surface area contributed by atoms with Crippen molar-refractivity contribution < 1.29 is 24.2 Å². The molecule has 1 aliphatic heterocycles. The second kappa shape index (κ2) is 11.4. The van der Waals surface area contributed by atoms with Crippen LogP contribution in [0.25, 0.3) is 10.8 Å². The zero-order valence-electron chi connectivity index (χ0n) is 22.3. The summed E-state index contributed by atoms with van der Waals surface area (Å²) in [6.45, 7) is 2.95. The highest BCUT2D eigenvalue weighted by Gasteiger charge is 2.30. The maximum atomic E-state index is 13.4. The van der Waals surface area contributed by atoms with Crippen molar-refractivity contribution in [3.8, 4) is 5.75 Å². The van der Waals surface area contributed by atoms with E-state index >= 15 is 0 Å². The Morgan fingerprint density at radius 1 is 1.00 bits per heavy atom. The van der Waals surface area contributed by atoms with Gasteiger partial charge in [0.1, 0.15) is 11.6 Å². The van der Waals surface area contributed by atoms with Gasteiger partial charge in [0.05, 0.1) is 24.3 Å². The molecule has 0 spiro atoms. The highest BCUT2D eigenvalue weighted by Crippen LogP contribution is 2.37. The third-order valence-corrected chi connectivity index (χ3v) is 6.78. The number of carboxylic acid groups (broad SMARTS) is 1. The molecule has 0 saturated carbocycles. The molecule has 0 bridgehead atoms. The topological polar surface area (TPSA) is 125 Å². The molecular weight excluding hydrogens is 510 g/mol. The van der Waals surface area contributed by atoms with Crippen molar-refractivity contribution in [3.05, 3.63) is 78.1 Å². The first-order valence-corrected chi connectivity index (χ1v) is 13.0. The van der Waals surface area contributed by atoms with Crippen LogP contribution in [0.2, 0.25) is 0 Å². The average molecular weight is 540 g/mol. The fraction of sp³-hybridized carbons (Fsp3) is 0.233. The van der Waals surface area contributed by atoms with Gasteiger partial charge >= 0.3 is 5.97 Å². The molecule has 204 valence electrons. The van der Waals surface area contributed by atoms with Crippen LogP contribution in [-0.4, -0.2) is 53.1 Å². The lowest BCUT2D eigenvalue weighted by Crippen LogP contribution is -2.25. The molecule has 1 aliphatic rings. The van der Waals surface area contributed by atoms with Gasteiger partial charge in [0.15, 0.2) is 5.82 Å². The molecule has 5 rings (SSSR count). The Morgan fingerprint density at radius 3 is 2.60 bits per heavy atom. The van der Waals surface area contributed by atoms with E-state index in [4.69, 9.17) is 9.84 Å². The summed E-state index contributed by atoms with van der Waals surface area (Å²) in [6, 6.07) is 16.6. The van der Waals surface area contributed by atoms with Gasteiger partial charge in [-0.2, -0.15) is 0 Å². The Morgan fingerprint density at radius 2 is 1.80 bits per heavy atom. The van der Waals surface area contributed by atoms with Crippen LogP contribution in [-0.2, 0) is 16.0 Å². The van der Waals surface area contributed by atoms with Crippen molar-refractivity contribution in [2.24, 2.45) is 0 Å². The minimum atomic E-state index is -1.02. The van der Waals surface area contributed by atoms with Crippen molar-refractivity contribution in [3.63, 3.8) is 0 Å². The van der Waals surface area contributed by atoms with Gasteiger partial charge in [0.2, 0.25) is 5.91 Å². The number of pyridine rings is 2. The molecule has 0 radical (unpaired) electrons. The Labute approximate surface area is 231 Å². The highest BCUT2D eigenvalue weighted by atomic mass is 16.5. The minimum absolute atomic E-state index is 0.104. The molecule has 2 N–H and O–H groups in total. The van der Waals surface area contributed by atoms with E-state index < -0.39 is 5.97 Å². The zero-order valence-corrected chi connectivity index (χ0v) is 22.3. The minimum Gasteiger partial charge on any atom is -0.493 e. The molecular formula is C30H29N5O5. The molecule has 10 heteroatoms. The number of carbonyl (C=O) groups excluding carboxylic acids is 2. The number of carbonyl (C=O) groups is 3. The number of nitrogens with zero attached hydrogens (tertiary/aromatic N) is 4. The summed E-state index contributed by atoms with van der Waals surface area (Å²) in [7, 11) is 1.74. The van der Waals surface area contributed by atoms with Crippen LogP contribution in [0.5, 0.6) is 5.75 Å². The SMILES string of the molecule is CCN1c2ncc(CCOc3cccc4c(NC(=O)CCC(=O)O)cccc34)cc2C(=O)N(C)c2cccnc21. The van der Waals surface area contributed by atoms with Crippen LogP contribution < -0.4 is 19.9 Å². The van der Waals surface area contributed by atoms with Gasteiger partial charge in [-0.1, -0.05) is 24.3 Å². The van der Waals surface area contributed by atoms with Gasteiger partial charge in [-0.25, -0.2) is 9.97 Å². The predicted molar refractivity (Wildman–Crippen MR) is 153 cm³/mol. The fourth-order valence-electron chi connectivity index (χ4n) is 4.79. The summed E-state index contributed by atoms with van der Waals surface area (Å²) >= 11 is 0. The van der Waals surface area contributed by atoms with Gasteiger partial charge in [0.25, 0.3) is 5.91 Å². The first kappa shape index (κ1) is 26.6. The van der Waals surface area contributed by atoms with Crippen molar-refractivity contribution in [2.75, 3.05) is 35.3 Å². The molecule has 2 aromatic carbocycles. The Hall–Kier alpha value is -4.99. The van der Waals surface area contributed by atoms with Gasteiger partial charge in [-0.15, -0.1) is 0 Å². The number of anilines is 4. The lowest BCUT2D eigenvalue weighted by molar-refractivity contribution is -0.138. The molecule has 3 heterocycles. The lowest BCUT2D eigenvalue weighted by Gasteiger charge is -2.22. The first-order chi connectivity index (χ1) is 19.4. The molecule has 4 aromatic rings. The molecule has 0 aliphatic carbocycles. The van der Waals surface area contributed by atoms with Crippen LogP contribution in [0.1, 0.15) is 35.7 Å². The number of rotatable bonds is 9. The Balaban J connectivity index is 1.33. The van der Waals surface area contributed by atoms with Crippen LogP contribution in [0.4, 0.5) is 23.0 Å². The summed E-state index contributed by atoms with van der Waals surface area (Å²) < 4.78 is 6.14. The lowest BCUT2D eigenvalue weighted by atomic mass is 10.1. The van der Waals surface area contributed by atoms with Crippen molar-refractivity contribution in [1.29, 1.82) is 0 Å². The number of hydrogen-bond donors (Lipinski definition) is 2. The second-order valence-corrected chi connectivity index (χ2v) is 9.37. The first-order valence-electron chi connectivity index (χ1n) is 13.0. The summed E-state index contributed by atoms with van der Waals surface area (Å²) in [5.74, 6) is 0.385. The van der Waals surface area contributed by atoms with E-state index in [0.717, 1.165) is 22.0 Å². The summed E-state index contributed by atoms with van der Waals surface area (Å²) in [6.07, 6.45) is 3.66. The normalized spacial score (nSPS) is 12.5. The highest BCUT2D eigenvalue weighted by molar-refractivity contribution is 6.12. The number of amides is 2. The largest absolute Gasteiger partial charge is 0.493 e. The molecule has 2 aromatic heterocycles. The average Bonchev–Trinajstić information content (AvgIpc) is 3.05. The van der Waals surface area contributed by atoms with Crippen LogP contribution in [0, 0.1) is 0 Å². The molecule has 10 nitrogen and oxygen atoms in total. The van der Waals surface area contributed by atoms with E-state index in [1.165, 1.54) is 0 Å². The number of ether oxygens (including phenoxy) is 1. The van der Waals surface area contributed by atoms with E-state index in [1.54, 1.807) is 30.4 Å². The zero-order chi connectivity index (χ0) is 28.2. The number of nitrogens with one attached hydrogen (secondary N) is 1.